The van der Waals surface area contributed by atoms with Gasteiger partial charge in [-0.05, 0) is 43.2 Å². The number of rotatable bonds is 3. The molecule has 6 nitrogen and oxygen atoms in total. The summed E-state index contributed by atoms with van der Waals surface area (Å²) >= 11 is 6.29. The van der Waals surface area contributed by atoms with E-state index in [0.29, 0.717) is 47.7 Å². The third-order valence-electron chi connectivity index (χ3n) is 5.01. The molecule has 2 aromatic rings. The van der Waals surface area contributed by atoms with Gasteiger partial charge in [0.2, 0.25) is 11.8 Å². The van der Waals surface area contributed by atoms with E-state index in [1.165, 1.54) is 0 Å². The quantitative estimate of drug-likeness (QED) is 0.852. The van der Waals surface area contributed by atoms with E-state index < -0.39 is 5.92 Å². The molecule has 0 saturated carbocycles. The molecule has 0 radical (unpaired) electrons. The zero-order valence-electron chi connectivity index (χ0n) is 15.8. The van der Waals surface area contributed by atoms with E-state index in [9.17, 15) is 9.59 Å². The summed E-state index contributed by atoms with van der Waals surface area (Å²) in [5.74, 6) is 0.537. The van der Waals surface area contributed by atoms with Gasteiger partial charge in [-0.25, -0.2) is 0 Å². The number of anilines is 2. The predicted molar refractivity (Wildman–Crippen MR) is 107 cm³/mol. The standard InChI is InChI=1S/C21H21ClN2O4/c1-12-7-13(2)20(16(22)8-12)23-21(26)14-9-19(25)24(11-14)15-3-4-17-18(10-15)28-6-5-27-17/h3-4,7-8,10,14H,5-6,9,11H2,1-2H3,(H,23,26)/t14-/m0/s1. The van der Waals surface area contributed by atoms with Crippen LogP contribution < -0.4 is 19.7 Å². The van der Waals surface area contributed by atoms with Crippen molar-refractivity contribution in [2.45, 2.75) is 20.3 Å². The van der Waals surface area contributed by atoms with Crippen LogP contribution in [0.15, 0.2) is 30.3 Å². The molecule has 0 bridgehead atoms. The number of amides is 2. The molecule has 0 aromatic heterocycles. The Morgan fingerprint density at radius 1 is 1.14 bits per heavy atom. The number of hydrogen-bond donors (Lipinski definition) is 1. The van der Waals surface area contributed by atoms with Crippen molar-refractivity contribution in [1.82, 2.24) is 0 Å². The fraction of sp³-hybridized carbons (Fsp3) is 0.333. The molecule has 7 heteroatoms. The minimum atomic E-state index is -0.447. The molecule has 4 rings (SSSR count). The summed E-state index contributed by atoms with van der Waals surface area (Å²) in [7, 11) is 0. The molecule has 2 aliphatic rings. The van der Waals surface area contributed by atoms with E-state index in [-0.39, 0.29) is 18.2 Å². The first kappa shape index (κ1) is 18.6. The smallest absolute Gasteiger partial charge is 0.229 e. The number of benzene rings is 2. The molecule has 0 spiro atoms. The zero-order chi connectivity index (χ0) is 19.8. The summed E-state index contributed by atoms with van der Waals surface area (Å²) < 4.78 is 11.1. The van der Waals surface area contributed by atoms with Crippen LogP contribution >= 0.6 is 11.6 Å². The van der Waals surface area contributed by atoms with Gasteiger partial charge in [0, 0.05) is 24.7 Å². The van der Waals surface area contributed by atoms with Gasteiger partial charge in [0.25, 0.3) is 0 Å². The van der Waals surface area contributed by atoms with Crippen LogP contribution in [-0.2, 0) is 9.59 Å². The van der Waals surface area contributed by atoms with E-state index in [4.69, 9.17) is 21.1 Å². The molecular weight excluding hydrogens is 380 g/mol. The van der Waals surface area contributed by atoms with Gasteiger partial charge in [-0.3, -0.25) is 9.59 Å². The maximum atomic E-state index is 12.8. The van der Waals surface area contributed by atoms with Crippen molar-refractivity contribution in [3.05, 3.63) is 46.5 Å². The highest BCUT2D eigenvalue weighted by Crippen LogP contribution is 2.36. The van der Waals surface area contributed by atoms with Crippen LogP contribution in [0.25, 0.3) is 0 Å². The van der Waals surface area contributed by atoms with Crippen molar-refractivity contribution >= 4 is 34.8 Å². The molecule has 2 aromatic carbocycles. The van der Waals surface area contributed by atoms with Gasteiger partial charge in [-0.1, -0.05) is 17.7 Å². The second-order valence-corrected chi connectivity index (χ2v) is 7.57. The monoisotopic (exact) mass is 400 g/mol. The Bertz CT molecular complexity index is 936. The SMILES string of the molecule is Cc1cc(C)c(NC(=O)[C@H]2CC(=O)N(c3ccc4c(c3)OCCO4)C2)c(Cl)c1. The lowest BCUT2D eigenvalue weighted by Gasteiger charge is -2.22. The Balaban J connectivity index is 1.50. The molecule has 0 unspecified atom stereocenters. The number of fused-ring (bicyclic) bond motifs is 1. The number of hydrogen-bond acceptors (Lipinski definition) is 4. The summed E-state index contributed by atoms with van der Waals surface area (Å²) in [6.45, 7) is 5.15. The number of ether oxygens (including phenoxy) is 2. The van der Waals surface area contributed by atoms with Gasteiger partial charge in [-0.2, -0.15) is 0 Å². The Morgan fingerprint density at radius 3 is 2.64 bits per heavy atom. The molecule has 2 heterocycles. The number of halogens is 1. The van der Waals surface area contributed by atoms with Crippen LogP contribution in [0.5, 0.6) is 11.5 Å². The van der Waals surface area contributed by atoms with Crippen LogP contribution in [-0.4, -0.2) is 31.6 Å². The van der Waals surface area contributed by atoms with Gasteiger partial charge in [0.05, 0.1) is 16.6 Å². The predicted octanol–water partition coefficient (Wildman–Crippen LogP) is 3.72. The number of nitrogens with zero attached hydrogens (tertiary/aromatic N) is 1. The van der Waals surface area contributed by atoms with Gasteiger partial charge in [-0.15, -0.1) is 0 Å². The van der Waals surface area contributed by atoms with Crippen molar-refractivity contribution in [3.8, 4) is 11.5 Å². The molecule has 1 saturated heterocycles. The Morgan fingerprint density at radius 2 is 1.89 bits per heavy atom. The van der Waals surface area contributed by atoms with Crippen molar-refractivity contribution < 1.29 is 19.1 Å². The van der Waals surface area contributed by atoms with Crippen LogP contribution in [0.4, 0.5) is 11.4 Å². The minimum absolute atomic E-state index is 0.0939. The zero-order valence-corrected chi connectivity index (χ0v) is 16.5. The number of nitrogens with one attached hydrogen (secondary N) is 1. The minimum Gasteiger partial charge on any atom is -0.486 e. The third kappa shape index (κ3) is 3.52. The molecule has 28 heavy (non-hydrogen) atoms. The highest BCUT2D eigenvalue weighted by Gasteiger charge is 2.36. The Labute approximate surface area is 168 Å². The second kappa shape index (κ2) is 7.36. The first-order valence-electron chi connectivity index (χ1n) is 9.20. The molecule has 2 amide bonds. The Hall–Kier alpha value is -2.73. The van der Waals surface area contributed by atoms with E-state index in [2.05, 4.69) is 5.32 Å². The van der Waals surface area contributed by atoms with E-state index in [1.54, 1.807) is 17.0 Å². The van der Waals surface area contributed by atoms with Gasteiger partial charge < -0.3 is 19.7 Å². The fourth-order valence-corrected chi connectivity index (χ4v) is 4.00. The summed E-state index contributed by atoms with van der Waals surface area (Å²) in [5.41, 5.74) is 3.23. The summed E-state index contributed by atoms with van der Waals surface area (Å²) in [4.78, 5) is 26.9. The molecule has 1 atom stereocenters. The lowest BCUT2D eigenvalue weighted by atomic mass is 10.1. The number of carbonyl (C=O) groups excluding carboxylic acids is 2. The van der Waals surface area contributed by atoms with Crippen molar-refractivity contribution in [2.75, 3.05) is 30.0 Å². The topological polar surface area (TPSA) is 67.9 Å². The molecule has 0 aliphatic carbocycles. The van der Waals surface area contributed by atoms with E-state index >= 15 is 0 Å². The molecule has 1 N–H and O–H groups in total. The molecule has 146 valence electrons. The maximum Gasteiger partial charge on any atom is 0.229 e. The fourth-order valence-electron chi connectivity index (χ4n) is 3.63. The lowest BCUT2D eigenvalue weighted by Crippen LogP contribution is -2.28. The maximum absolute atomic E-state index is 12.8. The van der Waals surface area contributed by atoms with Gasteiger partial charge in [0.1, 0.15) is 13.2 Å². The largest absolute Gasteiger partial charge is 0.486 e. The van der Waals surface area contributed by atoms with Crippen molar-refractivity contribution in [1.29, 1.82) is 0 Å². The van der Waals surface area contributed by atoms with Crippen LogP contribution in [0, 0.1) is 19.8 Å². The normalized spacial score (nSPS) is 18.3. The summed E-state index contributed by atoms with van der Waals surface area (Å²) in [5, 5.41) is 3.39. The molecular formula is C21H21ClN2O4. The van der Waals surface area contributed by atoms with Crippen molar-refractivity contribution in [3.63, 3.8) is 0 Å². The average Bonchev–Trinajstić information content (AvgIpc) is 3.06. The Kier molecular flexibility index (Phi) is 4.89. The van der Waals surface area contributed by atoms with Crippen LogP contribution in [0.1, 0.15) is 17.5 Å². The van der Waals surface area contributed by atoms with E-state index in [0.717, 1.165) is 11.1 Å². The molecule has 1 fully saturated rings. The van der Waals surface area contributed by atoms with Crippen molar-refractivity contribution in [2.24, 2.45) is 5.92 Å². The van der Waals surface area contributed by atoms with Crippen LogP contribution in [0.3, 0.4) is 0 Å². The number of carbonyl (C=O) groups is 2. The highest BCUT2D eigenvalue weighted by molar-refractivity contribution is 6.34. The average molecular weight is 401 g/mol. The summed E-state index contributed by atoms with van der Waals surface area (Å²) in [6, 6.07) is 9.16. The number of aryl methyl sites for hydroxylation is 2. The third-order valence-corrected chi connectivity index (χ3v) is 5.31. The van der Waals surface area contributed by atoms with Gasteiger partial charge in [0.15, 0.2) is 11.5 Å². The summed E-state index contributed by atoms with van der Waals surface area (Å²) in [6.07, 6.45) is 0.156. The molecule has 2 aliphatic heterocycles. The van der Waals surface area contributed by atoms with E-state index in [1.807, 2.05) is 32.0 Å². The first-order valence-corrected chi connectivity index (χ1v) is 9.58. The van der Waals surface area contributed by atoms with Crippen LogP contribution in [0.2, 0.25) is 5.02 Å². The lowest BCUT2D eigenvalue weighted by molar-refractivity contribution is -0.122. The highest BCUT2D eigenvalue weighted by atomic mass is 35.5. The van der Waals surface area contributed by atoms with Gasteiger partial charge >= 0.3 is 0 Å². The second-order valence-electron chi connectivity index (χ2n) is 7.16. The first-order chi connectivity index (χ1) is 13.4.